The van der Waals surface area contributed by atoms with Crippen LogP contribution in [0.2, 0.25) is 0 Å². The molecule has 0 radical (unpaired) electrons. The van der Waals surface area contributed by atoms with Gasteiger partial charge in [0.1, 0.15) is 5.69 Å². The lowest BCUT2D eigenvalue weighted by Crippen LogP contribution is -2.32. The molecule has 1 aromatic rings. The fraction of sp³-hybridized carbons (Fsp3) is 0.750. The van der Waals surface area contributed by atoms with Crippen LogP contribution in [-0.4, -0.2) is 42.3 Å². The lowest BCUT2D eigenvalue weighted by molar-refractivity contribution is 0.0984. The SMILES string of the molecule is CCCn1nncc1C(=O)C1CSC(C)C(C)S1. The predicted molar refractivity (Wildman–Crippen MR) is 77.4 cm³/mol. The van der Waals surface area contributed by atoms with E-state index in [1.807, 2.05) is 11.8 Å². The average molecular weight is 285 g/mol. The van der Waals surface area contributed by atoms with E-state index in [0.717, 1.165) is 18.7 Å². The van der Waals surface area contributed by atoms with Crippen molar-refractivity contribution >= 4 is 29.3 Å². The molecule has 1 aromatic heterocycles. The largest absolute Gasteiger partial charge is 0.291 e. The minimum atomic E-state index is 0.0512. The zero-order valence-electron chi connectivity index (χ0n) is 11.0. The average Bonchev–Trinajstić information content (AvgIpc) is 2.80. The highest BCUT2D eigenvalue weighted by Crippen LogP contribution is 2.36. The van der Waals surface area contributed by atoms with Crippen molar-refractivity contribution in [3.8, 4) is 0 Å². The van der Waals surface area contributed by atoms with Crippen LogP contribution in [0.25, 0.3) is 0 Å². The van der Waals surface area contributed by atoms with Gasteiger partial charge in [-0.05, 0) is 6.42 Å². The second-order valence-electron chi connectivity index (χ2n) is 4.57. The van der Waals surface area contributed by atoms with E-state index in [9.17, 15) is 4.79 Å². The summed E-state index contributed by atoms with van der Waals surface area (Å²) in [6.45, 7) is 7.26. The van der Waals surface area contributed by atoms with Crippen molar-refractivity contribution in [3.05, 3.63) is 11.9 Å². The van der Waals surface area contributed by atoms with Gasteiger partial charge in [-0.2, -0.15) is 11.8 Å². The molecule has 0 N–H and O–H groups in total. The molecular formula is C12H19N3OS2. The Morgan fingerprint density at radius 3 is 2.94 bits per heavy atom. The summed E-state index contributed by atoms with van der Waals surface area (Å²) >= 11 is 3.68. The first-order valence-corrected chi connectivity index (χ1v) is 8.32. The van der Waals surface area contributed by atoms with Gasteiger partial charge in [-0.3, -0.25) is 4.79 Å². The van der Waals surface area contributed by atoms with Crippen LogP contribution in [0.4, 0.5) is 0 Å². The first-order chi connectivity index (χ1) is 8.63. The zero-order chi connectivity index (χ0) is 13.1. The van der Waals surface area contributed by atoms with E-state index in [4.69, 9.17) is 0 Å². The Bertz CT molecular complexity index is 421. The van der Waals surface area contributed by atoms with E-state index in [1.165, 1.54) is 0 Å². The van der Waals surface area contributed by atoms with Gasteiger partial charge in [0.05, 0.1) is 11.4 Å². The molecule has 2 heterocycles. The first-order valence-electron chi connectivity index (χ1n) is 6.33. The molecule has 0 aromatic carbocycles. The molecule has 1 aliphatic heterocycles. The van der Waals surface area contributed by atoms with Crippen molar-refractivity contribution < 1.29 is 4.79 Å². The van der Waals surface area contributed by atoms with E-state index < -0.39 is 0 Å². The van der Waals surface area contributed by atoms with Gasteiger partial charge in [0.25, 0.3) is 0 Å². The number of aryl methyl sites for hydroxylation is 1. The molecule has 0 spiro atoms. The van der Waals surface area contributed by atoms with Gasteiger partial charge >= 0.3 is 0 Å². The second-order valence-corrected chi connectivity index (χ2v) is 7.57. The van der Waals surface area contributed by atoms with Gasteiger partial charge in [-0.25, -0.2) is 4.68 Å². The molecule has 100 valence electrons. The molecule has 4 nitrogen and oxygen atoms in total. The highest BCUT2D eigenvalue weighted by Gasteiger charge is 2.32. The van der Waals surface area contributed by atoms with Gasteiger partial charge in [0, 0.05) is 22.8 Å². The van der Waals surface area contributed by atoms with Crippen LogP contribution in [0.3, 0.4) is 0 Å². The fourth-order valence-corrected chi connectivity index (χ4v) is 4.77. The molecule has 18 heavy (non-hydrogen) atoms. The van der Waals surface area contributed by atoms with E-state index in [2.05, 4.69) is 31.1 Å². The maximum atomic E-state index is 12.5. The Morgan fingerprint density at radius 2 is 2.28 bits per heavy atom. The Kier molecular flexibility index (Phi) is 4.72. The lowest BCUT2D eigenvalue weighted by Gasteiger charge is -2.30. The molecule has 0 saturated carbocycles. The summed E-state index contributed by atoms with van der Waals surface area (Å²) < 4.78 is 1.73. The van der Waals surface area contributed by atoms with Crippen LogP contribution in [-0.2, 0) is 6.54 Å². The van der Waals surface area contributed by atoms with Gasteiger partial charge < -0.3 is 0 Å². The zero-order valence-corrected chi connectivity index (χ0v) is 12.6. The number of rotatable bonds is 4. The van der Waals surface area contributed by atoms with Crippen molar-refractivity contribution in [2.45, 2.75) is 49.5 Å². The molecular weight excluding hydrogens is 266 g/mol. The molecule has 0 aliphatic carbocycles. The van der Waals surface area contributed by atoms with Crippen molar-refractivity contribution in [3.63, 3.8) is 0 Å². The van der Waals surface area contributed by atoms with Crippen molar-refractivity contribution in [1.29, 1.82) is 0 Å². The smallest absolute Gasteiger partial charge is 0.196 e. The van der Waals surface area contributed by atoms with Crippen LogP contribution >= 0.6 is 23.5 Å². The quantitative estimate of drug-likeness (QED) is 0.796. The van der Waals surface area contributed by atoms with Crippen LogP contribution < -0.4 is 0 Å². The topological polar surface area (TPSA) is 47.8 Å². The van der Waals surface area contributed by atoms with Gasteiger partial charge in [0.2, 0.25) is 0 Å². The summed E-state index contributed by atoms with van der Waals surface area (Å²) in [5.74, 6) is 1.08. The number of hydrogen-bond donors (Lipinski definition) is 0. The van der Waals surface area contributed by atoms with Crippen molar-refractivity contribution in [2.24, 2.45) is 0 Å². The minimum absolute atomic E-state index is 0.0512. The summed E-state index contributed by atoms with van der Waals surface area (Å²) in [6, 6.07) is 0. The van der Waals surface area contributed by atoms with Crippen LogP contribution in [0, 0.1) is 0 Å². The molecule has 3 unspecified atom stereocenters. The number of thioether (sulfide) groups is 2. The highest BCUT2D eigenvalue weighted by atomic mass is 32.2. The number of Topliss-reactive ketones (excluding diaryl/α,β-unsaturated/α-hetero) is 1. The molecule has 1 fully saturated rings. The van der Waals surface area contributed by atoms with Gasteiger partial charge in [0.15, 0.2) is 5.78 Å². The standard InChI is InChI=1S/C12H19N3OS2/c1-4-5-15-10(6-13-14-15)12(16)11-7-17-8(2)9(3)18-11/h6,8-9,11H,4-5,7H2,1-3H3. The molecule has 2 rings (SSSR count). The number of ketones is 1. The summed E-state index contributed by atoms with van der Waals surface area (Å²) in [4.78, 5) is 12.5. The third-order valence-corrected chi connectivity index (χ3v) is 6.54. The summed E-state index contributed by atoms with van der Waals surface area (Å²) in [5, 5.41) is 9.05. The van der Waals surface area contributed by atoms with Crippen molar-refractivity contribution in [2.75, 3.05) is 5.75 Å². The Balaban J connectivity index is 2.09. The summed E-state index contributed by atoms with van der Waals surface area (Å²) in [6.07, 6.45) is 2.57. The Morgan fingerprint density at radius 1 is 1.50 bits per heavy atom. The first kappa shape index (κ1) is 13.9. The third kappa shape index (κ3) is 2.91. The normalized spacial score (nSPS) is 28.3. The Labute approximate surface area is 116 Å². The monoisotopic (exact) mass is 285 g/mol. The maximum Gasteiger partial charge on any atom is 0.196 e. The number of carbonyl (C=O) groups excluding carboxylic acids is 1. The number of hydrogen-bond acceptors (Lipinski definition) is 5. The van der Waals surface area contributed by atoms with E-state index in [1.54, 1.807) is 22.6 Å². The number of aromatic nitrogens is 3. The molecule has 6 heteroatoms. The molecule has 1 saturated heterocycles. The maximum absolute atomic E-state index is 12.5. The summed E-state index contributed by atoms with van der Waals surface area (Å²) in [7, 11) is 0. The molecule has 0 bridgehead atoms. The summed E-state index contributed by atoms with van der Waals surface area (Å²) in [5.41, 5.74) is 0.664. The lowest BCUT2D eigenvalue weighted by atomic mass is 10.2. The second kappa shape index (κ2) is 6.10. The van der Waals surface area contributed by atoms with E-state index in [0.29, 0.717) is 16.2 Å². The number of nitrogens with zero attached hydrogens (tertiary/aromatic N) is 3. The minimum Gasteiger partial charge on any atom is -0.291 e. The number of carbonyl (C=O) groups is 1. The fourth-order valence-electron chi connectivity index (χ4n) is 1.91. The molecule has 3 atom stereocenters. The van der Waals surface area contributed by atoms with Gasteiger partial charge in [-0.1, -0.05) is 26.0 Å². The van der Waals surface area contributed by atoms with Crippen LogP contribution in [0.5, 0.6) is 0 Å². The molecule has 0 amide bonds. The van der Waals surface area contributed by atoms with Crippen LogP contribution in [0.1, 0.15) is 37.7 Å². The highest BCUT2D eigenvalue weighted by molar-refractivity contribution is 8.08. The van der Waals surface area contributed by atoms with Crippen molar-refractivity contribution in [1.82, 2.24) is 15.0 Å². The van der Waals surface area contributed by atoms with Gasteiger partial charge in [-0.15, -0.1) is 16.9 Å². The van der Waals surface area contributed by atoms with E-state index in [-0.39, 0.29) is 11.0 Å². The third-order valence-electron chi connectivity index (χ3n) is 3.15. The molecule has 1 aliphatic rings. The Hall–Kier alpha value is -0.490. The predicted octanol–water partition coefficient (Wildman–Crippen LogP) is 2.50. The van der Waals surface area contributed by atoms with E-state index >= 15 is 0 Å². The van der Waals surface area contributed by atoms with Crippen LogP contribution in [0.15, 0.2) is 6.20 Å².